The molecule has 0 N–H and O–H groups in total. The molecule has 0 aliphatic carbocycles. The summed E-state index contributed by atoms with van der Waals surface area (Å²) in [5, 5.41) is 11.6. The second-order valence-corrected chi connectivity index (χ2v) is 23.1. The summed E-state index contributed by atoms with van der Waals surface area (Å²) in [6, 6.07) is 101. The number of hydrogen-bond acceptors (Lipinski definition) is 3. The number of hydrogen-bond donors (Lipinski definition) is 0. The van der Waals surface area contributed by atoms with E-state index in [1.165, 1.54) is 48.9 Å². The molecule has 7 aromatic heterocycles. The van der Waals surface area contributed by atoms with Crippen LogP contribution in [0.25, 0.3) is 182 Å². The standard InChI is InChI=1S/C79H46N6O2/c1-2-15-50(16-3-1)84-71-36-32-53(46-73(71)85-70-27-13-8-22-64(70)80-79(84)85)83-68-26-12-7-20-58(68)78-54(21-14-28-72(78)83)49-29-35-69-59(43-49)57-19-6-11-25-67(57)82(69)52-34-40-77-63(45-52)61-42-48(31-38-75(61)87-77)47-30-37-74-60(41-47)62-44-51(33-39-76(62)86-74)81-65-23-9-4-17-55(65)56-18-5-10-24-66(56)81/h1-46H. The Morgan fingerprint density at radius 1 is 0.241 bits per heavy atom. The molecule has 0 fully saturated rings. The van der Waals surface area contributed by atoms with Crippen molar-refractivity contribution in [2.24, 2.45) is 0 Å². The van der Waals surface area contributed by atoms with E-state index in [9.17, 15) is 0 Å². The Bertz CT molecular complexity index is 6280. The third-order valence-corrected chi connectivity index (χ3v) is 18.5. The number of fused-ring (bicyclic) bond motifs is 20. The van der Waals surface area contributed by atoms with Crippen molar-refractivity contribution in [3.05, 3.63) is 279 Å². The molecule has 0 unspecified atom stereocenters. The lowest BCUT2D eigenvalue weighted by atomic mass is 9.98. The van der Waals surface area contributed by atoms with Gasteiger partial charge in [0.2, 0.25) is 5.78 Å². The fourth-order valence-corrected chi connectivity index (χ4v) is 14.7. The highest BCUT2D eigenvalue weighted by Gasteiger charge is 2.23. The number of imidazole rings is 2. The molecular formula is C79H46N6O2. The van der Waals surface area contributed by atoms with E-state index >= 15 is 0 Å². The van der Waals surface area contributed by atoms with E-state index in [4.69, 9.17) is 13.8 Å². The average molecular weight is 1110 g/mol. The van der Waals surface area contributed by atoms with Crippen LogP contribution in [0, 0.1) is 0 Å². The molecule has 20 rings (SSSR count). The minimum absolute atomic E-state index is 0.851. The van der Waals surface area contributed by atoms with Crippen molar-refractivity contribution in [3.8, 4) is 45.0 Å². The van der Waals surface area contributed by atoms with Gasteiger partial charge >= 0.3 is 0 Å². The van der Waals surface area contributed by atoms with E-state index in [1.807, 2.05) is 0 Å². The topological polar surface area (TPSA) is 63.3 Å². The molecule has 0 aliphatic rings. The van der Waals surface area contributed by atoms with E-state index in [0.717, 1.165) is 133 Å². The lowest BCUT2D eigenvalue weighted by molar-refractivity contribution is 0.668. The molecule has 8 nitrogen and oxygen atoms in total. The Kier molecular flexibility index (Phi) is 9.30. The molecular weight excluding hydrogens is 1060 g/mol. The number of para-hydroxylation sites is 7. The summed E-state index contributed by atoms with van der Waals surface area (Å²) in [5.74, 6) is 0.890. The normalized spacial score (nSPS) is 12.4. The molecule has 0 saturated heterocycles. The number of rotatable bonds is 6. The fraction of sp³-hybridized carbons (Fsp3) is 0. The summed E-state index contributed by atoms with van der Waals surface area (Å²) in [6.45, 7) is 0. The van der Waals surface area contributed by atoms with Gasteiger partial charge < -0.3 is 22.5 Å². The van der Waals surface area contributed by atoms with Crippen LogP contribution in [0.4, 0.5) is 0 Å². The van der Waals surface area contributed by atoms with E-state index in [0.29, 0.717) is 0 Å². The third kappa shape index (κ3) is 6.52. The summed E-state index contributed by atoms with van der Waals surface area (Å²) < 4.78 is 24.9. The summed E-state index contributed by atoms with van der Waals surface area (Å²) in [5.41, 5.74) is 23.5. The summed E-state index contributed by atoms with van der Waals surface area (Å²) in [6.07, 6.45) is 0. The van der Waals surface area contributed by atoms with Crippen LogP contribution < -0.4 is 0 Å². The van der Waals surface area contributed by atoms with Gasteiger partial charge in [-0.1, -0.05) is 133 Å². The quantitative estimate of drug-likeness (QED) is 0.167. The molecule has 0 radical (unpaired) electrons. The smallest absolute Gasteiger partial charge is 0.220 e. The van der Waals surface area contributed by atoms with Crippen LogP contribution in [0.2, 0.25) is 0 Å². The molecule has 0 spiro atoms. The van der Waals surface area contributed by atoms with Gasteiger partial charge in [-0.3, -0.25) is 8.97 Å². The lowest BCUT2D eigenvalue weighted by Gasteiger charge is -2.11. The largest absolute Gasteiger partial charge is 0.456 e. The van der Waals surface area contributed by atoms with Crippen LogP contribution in [0.5, 0.6) is 0 Å². The van der Waals surface area contributed by atoms with Crippen LogP contribution in [0.15, 0.2) is 288 Å². The van der Waals surface area contributed by atoms with Crippen molar-refractivity contribution in [2.45, 2.75) is 0 Å². The van der Waals surface area contributed by atoms with Crippen LogP contribution in [0.1, 0.15) is 0 Å². The minimum Gasteiger partial charge on any atom is -0.456 e. The maximum Gasteiger partial charge on any atom is 0.220 e. The highest BCUT2D eigenvalue weighted by Crippen LogP contribution is 2.44. The van der Waals surface area contributed by atoms with Crippen molar-refractivity contribution in [1.29, 1.82) is 0 Å². The molecule has 404 valence electrons. The van der Waals surface area contributed by atoms with Gasteiger partial charge in [-0.2, -0.15) is 0 Å². The summed E-state index contributed by atoms with van der Waals surface area (Å²) >= 11 is 0. The van der Waals surface area contributed by atoms with Gasteiger partial charge in [0.25, 0.3) is 0 Å². The first-order chi connectivity index (χ1) is 43.1. The van der Waals surface area contributed by atoms with Gasteiger partial charge in [-0.15, -0.1) is 0 Å². The molecule has 7 heterocycles. The predicted molar refractivity (Wildman–Crippen MR) is 358 cm³/mol. The van der Waals surface area contributed by atoms with Crippen molar-refractivity contribution < 1.29 is 8.83 Å². The zero-order valence-corrected chi connectivity index (χ0v) is 46.6. The first-order valence-electron chi connectivity index (χ1n) is 29.6. The second kappa shape index (κ2) is 17.4. The third-order valence-electron chi connectivity index (χ3n) is 18.5. The molecule has 8 heteroatoms. The second-order valence-electron chi connectivity index (χ2n) is 23.1. The summed E-state index contributed by atoms with van der Waals surface area (Å²) in [7, 11) is 0. The summed E-state index contributed by atoms with van der Waals surface area (Å²) in [4.78, 5) is 5.20. The Labute approximate surface area is 495 Å². The average Bonchev–Trinajstić information content (AvgIpc) is 1.78. The number of furan rings is 2. The van der Waals surface area contributed by atoms with Gasteiger partial charge in [0.15, 0.2) is 0 Å². The van der Waals surface area contributed by atoms with Crippen LogP contribution in [-0.4, -0.2) is 27.7 Å². The highest BCUT2D eigenvalue weighted by molar-refractivity contribution is 6.18. The molecule has 87 heavy (non-hydrogen) atoms. The monoisotopic (exact) mass is 1110 g/mol. The molecule has 0 amide bonds. The van der Waals surface area contributed by atoms with E-state index in [2.05, 4.69) is 302 Å². The maximum absolute atomic E-state index is 6.61. The van der Waals surface area contributed by atoms with Gasteiger partial charge in [0, 0.05) is 76.6 Å². The molecule has 20 aromatic rings. The Morgan fingerprint density at radius 3 is 1.31 bits per heavy atom. The first-order valence-corrected chi connectivity index (χ1v) is 29.6. The molecule has 0 atom stereocenters. The van der Waals surface area contributed by atoms with Gasteiger partial charge in [0.05, 0.1) is 55.2 Å². The fourth-order valence-electron chi connectivity index (χ4n) is 14.7. The number of benzene rings is 13. The van der Waals surface area contributed by atoms with Crippen molar-refractivity contribution in [1.82, 2.24) is 27.7 Å². The minimum atomic E-state index is 0.851. The number of aromatic nitrogens is 6. The van der Waals surface area contributed by atoms with Crippen molar-refractivity contribution in [3.63, 3.8) is 0 Å². The maximum atomic E-state index is 6.61. The highest BCUT2D eigenvalue weighted by atomic mass is 16.3. The Balaban J connectivity index is 0.701. The van der Waals surface area contributed by atoms with Crippen molar-refractivity contribution >= 4 is 137 Å². The molecule has 0 bridgehead atoms. The van der Waals surface area contributed by atoms with Gasteiger partial charge in [-0.25, -0.2) is 4.98 Å². The zero-order valence-electron chi connectivity index (χ0n) is 46.6. The number of nitrogens with zero attached hydrogens (tertiary/aromatic N) is 6. The molecule has 13 aromatic carbocycles. The lowest BCUT2D eigenvalue weighted by Crippen LogP contribution is -1.96. The van der Waals surface area contributed by atoms with Crippen LogP contribution >= 0.6 is 0 Å². The van der Waals surface area contributed by atoms with E-state index in [1.54, 1.807) is 0 Å². The van der Waals surface area contributed by atoms with E-state index in [-0.39, 0.29) is 0 Å². The van der Waals surface area contributed by atoms with Crippen molar-refractivity contribution in [2.75, 3.05) is 0 Å². The first kappa shape index (κ1) is 46.6. The molecule has 0 saturated carbocycles. The Morgan fingerprint density at radius 2 is 0.678 bits per heavy atom. The van der Waals surface area contributed by atoms with Gasteiger partial charge in [-0.05, 0) is 168 Å². The zero-order chi connectivity index (χ0) is 56.6. The predicted octanol–water partition coefficient (Wildman–Crippen LogP) is 20.9. The van der Waals surface area contributed by atoms with Crippen LogP contribution in [-0.2, 0) is 0 Å². The van der Waals surface area contributed by atoms with Crippen LogP contribution in [0.3, 0.4) is 0 Å². The van der Waals surface area contributed by atoms with E-state index < -0.39 is 0 Å². The Hall–Kier alpha value is -11.9. The van der Waals surface area contributed by atoms with Gasteiger partial charge in [0.1, 0.15) is 22.3 Å². The SMILES string of the molecule is c1ccc(-n2c3ccc(-n4c5ccccc5c5c(-c6ccc7c(c6)c6ccccc6n7-c6ccc7oc8ccc(-c9ccc%10oc%11ccc(-n%12c%13ccccc%13c%13ccccc%13%12)cc%11c%10c9)cc8c7c6)cccc54)cc3n3c4ccccc4nc23)cc1. The molecule has 0 aliphatic heterocycles.